The van der Waals surface area contributed by atoms with E-state index in [1.165, 1.54) is 6.07 Å². The van der Waals surface area contributed by atoms with E-state index in [0.717, 1.165) is 34.9 Å². The van der Waals surface area contributed by atoms with Crippen molar-refractivity contribution >= 4 is 22.6 Å². The van der Waals surface area contributed by atoms with Gasteiger partial charge in [0.15, 0.2) is 5.78 Å². The van der Waals surface area contributed by atoms with Crippen LogP contribution in [0, 0.1) is 18.7 Å². The van der Waals surface area contributed by atoms with Crippen LogP contribution in [-0.4, -0.2) is 49.5 Å². The Hall–Kier alpha value is -3.43. The number of benzene rings is 1. The molecule has 1 aliphatic heterocycles. The number of ketones is 1. The normalized spacial score (nSPS) is 23.6. The van der Waals surface area contributed by atoms with Crippen molar-refractivity contribution in [2.75, 3.05) is 7.05 Å². The minimum atomic E-state index is -1.74. The van der Waals surface area contributed by atoms with E-state index in [-0.39, 0.29) is 60.8 Å². The predicted octanol–water partition coefficient (Wildman–Crippen LogP) is 3.20. The fourth-order valence-electron chi connectivity index (χ4n) is 7.28. The van der Waals surface area contributed by atoms with Crippen molar-refractivity contribution in [3.63, 3.8) is 0 Å². The summed E-state index contributed by atoms with van der Waals surface area (Å²) in [5.41, 5.74) is 3.24. The number of carbonyl (C=O) groups is 2. The summed E-state index contributed by atoms with van der Waals surface area (Å²) in [6.07, 6.45) is 2.23. The highest BCUT2D eigenvalue weighted by Crippen LogP contribution is 2.47. The molecular weight excluding hydrogens is 513 g/mol. The number of halogens is 1. The summed E-state index contributed by atoms with van der Waals surface area (Å²) in [6.45, 7) is 3.71. The zero-order valence-corrected chi connectivity index (χ0v) is 22.9. The van der Waals surface area contributed by atoms with Gasteiger partial charge in [0.1, 0.15) is 17.5 Å². The van der Waals surface area contributed by atoms with Crippen molar-refractivity contribution in [1.82, 2.24) is 14.5 Å². The van der Waals surface area contributed by atoms with Gasteiger partial charge in [-0.3, -0.25) is 14.4 Å². The minimum absolute atomic E-state index is 0.0143. The van der Waals surface area contributed by atoms with E-state index in [2.05, 4.69) is 0 Å². The van der Waals surface area contributed by atoms with Crippen LogP contribution in [-0.2, 0) is 34.6 Å². The van der Waals surface area contributed by atoms with Crippen LogP contribution in [0.4, 0.5) is 4.39 Å². The molecular formula is C31H32FN3O5. The number of rotatable bonds is 4. The van der Waals surface area contributed by atoms with Crippen molar-refractivity contribution < 1.29 is 24.2 Å². The summed E-state index contributed by atoms with van der Waals surface area (Å²) >= 11 is 0. The monoisotopic (exact) mass is 545 g/mol. The zero-order chi connectivity index (χ0) is 28.2. The average Bonchev–Trinajstić information content (AvgIpc) is 3.74. The molecule has 4 aliphatic rings. The number of aliphatic hydroxyl groups is 2. The number of aromatic nitrogens is 2. The molecule has 9 heteroatoms. The van der Waals surface area contributed by atoms with Crippen LogP contribution in [0.5, 0.6) is 0 Å². The van der Waals surface area contributed by atoms with Crippen LogP contribution < -0.4 is 5.56 Å². The number of nitrogens with zero attached hydrogens (tertiary/aromatic N) is 3. The van der Waals surface area contributed by atoms with Crippen LogP contribution >= 0.6 is 0 Å². The summed E-state index contributed by atoms with van der Waals surface area (Å²) in [6, 6.07) is 2.74. The SMILES string of the molecule is CC[C@@]1(O)C(=O)CCc2c1cc1n(c2=O)Cc2c-1nc1cc(F)c(C)c3c1c2[C@@H](N(C)C(=O)C(O)C1CC1)CC3. The van der Waals surface area contributed by atoms with Crippen LogP contribution in [0.1, 0.15) is 78.5 Å². The molecule has 3 aliphatic carbocycles. The van der Waals surface area contributed by atoms with Crippen LogP contribution in [0.3, 0.4) is 0 Å². The van der Waals surface area contributed by atoms with Gasteiger partial charge in [-0.05, 0) is 74.1 Å². The van der Waals surface area contributed by atoms with Gasteiger partial charge in [0.25, 0.3) is 11.5 Å². The Labute approximate surface area is 230 Å². The molecule has 1 saturated carbocycles. The maximum atomic E-state index is 15.1. The van der Waals surface area contributed by atoms with E-state index in [9.17, 15) is 24.6 Å². The van der Waals surface area contributed by atoms with Crippen molar-refractivity contribution in [2.24, 2.45) is 5.92 Å². The van der Waals surface area contributed by atoms with Gasteiger partial charge in [0.05, 0.1) is 29.5 Å². The second kappa shape index (κ2) is 8.54. The second-order valence-corrected chi connectivity index (χ2v) is 11.9. The molecule has 1 amide bonds. The number of hydrogen-bond donors (Lipinski definition) is 2. The van der Waals surface area contributed by atoms with Gasteiger partial charge in [-0.25, -0.2) is 9.37 Å². The second-order valence-electron chi connectivity index (χ2n) is 11.9. The summed E-state index contributed by atoms with van der Waals surface area (Å²) in [5, 5.41) is 22.8. The Bertz CT molecular complexity index is 1720. The lowest BCUT2D eigenvalue weighted by Crippen LogP contribution is -2.43. The number of aliphatic hydroxyl groups excluding tert-OH is 1. The average molecular weight is 546 g/mol. The summed E-state index contributed by atoms with van der Waals surface area (Å²) in [5.74, 6) is -1.01. The van der Waals surface area contributed by atoms with E-state index in [4.69, 9.17) is 4.98 Å². The number of pyridine rings is 2. The third-order valence-corrected chi connectivity index (χ3v) is 9.86. The molecule has 0 spiro atoms. The van der Waals surface area contributed by atoms with Gasteiger partial charge in [0.2, 0.25) is 0 Å². The molecule has 0 radical (unpaired) electrons. The molecule has 40 heavy (non-hydrogen) atoms. The van der Waals surface area contributed by atoms with Crippen molar-refractivity contribution in [2.45, 2.75) is 83.1 Å². The van der Waals surface area contributed by atoms with Crippen LogP contribution in [0.2, 0.25) is 0 Å². The highest BCUT2D eigenvalue weighted by atomic mass is 19.1. The molecule has 0 bridgehead atoms. The Morgan fingerprint density at radius 1 is 1.18 bits per heavy atom. The van der Waals surface area contributed by atoms with Gasteiger partial charge in [-0.15, -0.1) is 0 Å². The Balaban J connectivity index is 1.48. The lowest BCUT2D eigenvalue weighted by molar-refractivity contribution is -0.142. The van der Waals surface area contributed by atoms with Crippen molar-refractivity contribution in [3.8, 4) is 11.4 Å². The van der Waals surface area contributed by atoms with E-state index in [1.807, 2.05) is 0 Å². The third kappa shape index (κ3) is 3.31. The first-order valence-corrected chi connectivity index (χ1v) is 14.2. The molecule has 1 unspecified atom stereocenters. The van der Waals surface area contributed by atoms with Crippen LogP contribution in [0.15, 0.2) is 16.9 Å². The molecule has 1 aromatic carbocycles. The quantitative estimate of drug-likeness (QED) is 0.407. The summed E-state index contributed by atoms with van der Waals surface area (Å²) in [4.78, 5) is 46.4. The minimum Gasteiger partial charge on any atom is -0.383 e. The smallest absolute Gasteiger partial charge is 0.254 e. The largest absolute Gasteiger partial charge is 0.383 e. The molecule has 3 aromatic rings. The fraction of sp³-hybridized carbons (Fsp3) is 0.484. The maximum absolute atomic E-state index is 15.1. The molecule has 1 fully saturated rings. The van der Waals surface area contributed by atoms with Crippen LogP contribution in [0.25, 0.3) is 22.3 Å². The zero-order valence-electron chi connectivity index (χ0n) is 22.9. The molecule has 7 rings (SSSR count). The topological polar surface area (TPSA) is 113 Å². The van der Waals surface area contributed by atoms with Gasteiger partial charge in [-0.1, -0.05) is 6.92 Å². The van der Waals surface area contributed by atoms with E-state index in [0.29, 0.717) is 46.4 Å². The number of fused-ring (bicyclic) bond motifs is 5. The van der Waals surface area contributed by atoms with E-state index in [1.54, 1.807) is 36.4 Å². The number of Topliss-reactive ketones (excluding diaryl/α,β-unsaturated/α-hetero) is 1. The maximum Gasteiger partial charge on any atom is 0.254 e. The first-order chi connectivity index (χ1) is 19.1. The Kier molecular flexibility index (Phi) is 5.45. The molecule has 2 aromatic heterocycles. The lowest BCUT2D eigenvalue weighted by atomic mass is 9.77. The van der Waals surface area contributed by atoms with Gasteiger partial charge in [-0.2, -0.15) is 0 Å². The summed E-state index contributed by atoms with van der Waals surface area (Å²) < 4.78 is 16.7. The Morgan fingerprint density at radius 3 is 2.62 bits per heavy atom. The number of carbonyl (C=O) groups excluding carboxylic acids is 2. The summed E-state index contributed by atoms with van der Waals surface area (Å²) in [7, 11) is 1.71. The van der Waals surface area contributed by atoms with Gasteiger partial charge in [0, 0.05) is 41.6 Å². The highest BCUT2D eigenvalue weighted by Gasteiger charge is 2.45. The number of hydrogen-bond acceptors (Lipinski definition) is 6. The first kappa shape index (κ1) is 25.5. The molecule has 3 atom stereocenters. The third-order valence-electron chi connectivity index (χ3n) is 9.86. The molecule has 3 heterocycles. The van der Waals surface area contributed by atoms with E-state index >= 15 is 4.39 Å². The van der Waals surface area contributed by atoms with Gasteiger partial charge < -0.3 is 19.7 Å². The number of aryl methyl sites for hydroxylation is 1. The molecule has 8 nitrogen and oxygen atoms in total. The molecule has 208 valence electrons. The highest BCUT2D eigenvalue weighted by molar-refractivity contribution is 5.94. The van der Waals surface area contributed by atoms with Crippen molar-refractivity contribution in [3.05, 3.63) is 61.7 Å². The molecule has 2 N–H and O–H groups in total. The van der Waals surface area contributed by atoms with E-state index < -0.39 is 11.7 Å². The van der Waals surface area contributed by atoms with Gasteiger partial charge >= 0.3 is 0 Å². The fourth-order valence-corrected chi connectivity index (χ4v) is 7.28. The predicted molar refractivity (Wildman–Crippen MR) is 145 cm³/mol. The lowest BCUT2D eigenvalue weighted by Gasteiger charge is -2.36. The van der Waals surface area contributed by atoms with Crippen molar-refractivity contribution in [1.29, 1.82) is 0 Å². The standard InChI is InChI=1S/C31H32FN3O5/c1-4-31(40)19-11-23-27-18(13-35(23)29(38)17(19)8-10-24(31)36)26-22(34(3)30(39)28(37)15-5-6-15)9-7-16-14(2)20(32)12-21(33-27)25(16)26/h11-12,15,22,28,37,40H,4-10,13H2,1-3H3/t22-,28?,31-/m0/s1. The molecule has 0 saturated heterocycles. The number of amides is 1. The number of likely N-dealkylation sites (N-methyl/N-ethyl adjacent to an activating group) is 1. The Morgan fingerprint density at radius 2 is 1.93 bits per heavy atom. The first-order valence-electron chi connectivity index (χ1n) is 14.2.